The SMILES string of the molecule is CC(C)C(NC(=O)c1cccc(/C(N)=N/N)c1)C(=O)N1CCC(c2ccc(Cl)cc2)CC1. The fourth-order valence-electron chi connectivity index (χ4n) is 4.00. The van der Waals surface area contributed by atoms with Crippen molar-refractivity contribution in [2.75, 3.05) is 13.1 Å². The van der Waals surface area contributed by atoms with Gasteiger partial charge in [0.15, 0.2) is 0 Å². The molecule has 0 aromatic heterocycles. The second-order valence-electron chi connectivity index (χ2n) is 8.44. The summed E-state index contributed by atoms with van der Waals surface area (Å²) in [5, 5.41) is 7.09. The fraction of sp³-hybridized carbons (Fsp3) is 0.375. The van der Waals surface area contributed by atoms with Crippen LogP contribution in [-0.2, 0) is 4.79 Å². The molecule has 1 unspecified atom stereocenters. The van der Waals surface area contributed by atoms with Crippen molar-refractivity contribution in [2.45, 2.75) is 38.6 Å². The number of hydrogen-bond donors (Lipinski definition) is 3. The highest BCUT2D eigenvalue weighted by Gasteiger charge is 2.31. The van der Waals surface area contributed by atoms with E-state index in [9.17, 15) is 9.59 Å². The zero-order valence-corrected chi connectivity index (χ0v) is 19.2. The highest BCUT2D eigenvalue weighted by molar-refractivity contribution is 6.30. The van der Waals surface area contributed by atoms with Crippen molar-refractivity contribution in [2.24, 2.45) is 22.6 Å². The lowest BCUT2D eigenvalue weighted by atomic mass is 9.89. The number of amidine groups is 1. The Morgan fingerprint density at radius 1 is 1.09 bits per heavy atom. The number of likely N-dealkylation sites (tertiary alicyclic amines) is 1. The van der Waals surface area contributed by atoms with Gasteiger partial charge >= 0.3 is 0 Å². The number of carbonyl (C=O) groups excluding carboxylic acids is 2. The monoisotopic (exact) mass is 455 g/mol. The molecule has 7 nitrogen and oxygen atoms in total. The third-order valence-corrected chi connectivity index (χ3v) is 6.18. The molecule has 1 atom stereocenters. The molecule has 2 amide bonds. The number of halogens is 1. The van der Waals surface area contributed by atoms with Gasteiger partial charge in [0.1, 0.15) is 11.9 Å². The quantitative estimate of drug-likeness (QED) is 0.269. The number of rotatable bonds is 6. The van der Waals surface area contributed by atoms with Gasteiger partial charge < -0.3 is 21.8 Å². The molecule has 1 aliphatic rings. The second-order valence-corrected chi connectivity index (χ2v) is 8.88. The predicted molar refractivity (Wildman–Crippen MR) is 127 cm³/mol. The van der Waals surface area contributed by atoms with E-state index in [1.54, 1.807) is 24.3 Å². The molecule has 5 N–H and O–H groups in total. The molecule has 32 heavy (non-hydrogen) atoms. The molecule has 170 valence electrons. The minimum atomic E-state index is -0.612. The number of benzene rings is 2. The zero-order chi connectivity index (χ0) is 23.3. The molecule has 3 rings (SSSR count). The van der Waals surface area contributed by atoms with Gasteiger partial charge in [-0.3, -0.25) is 9.59 Å². The smallest absolute Gasteiger partial charge is 0.251 e. The Hall–Kier alpha value is -3.06. The molecule has 1 heterocycles. The van der Waals surface area contributed by atoms with Crippen molar-refractivity contribution in [1.29, 1.82) is 0 Å². The van der Waals surface area contributed by atoms with Gasteiger partial charge in [0.2, 0.25) is 5.91 Å². The first-order valence-corrected chi connectivity index (χ1v) is 11.2. The highest BCUT2D eigenvalue weighted by Crippen LogP contribution is 2.29. The molecule has 8 heteroatoms. The largest absolute Gasteiger partial charge is 0.382 e. The average Bonchev–Trinajstić information content (AvgIpc) is 2.82. The summed E-state index contributed by atoms with van der Waals surface area (Å²) in [6.07, 6.45) is 1.76. The molecule has 2 aromatic rings. The van der Waals surface area contributed by atoms with Crippen LogP contribution in [0, 0.1) is 5.92 Å². The molecule has 2 aromatic carbocycles. The van der Waals surface area contributed by atoms with E-state index >= 15 is 0 Å². The molecule has 1 fully saturated rings. The first kappa shape index (κ1) is 23.6. The summed E-state index contributed by atoms with van der Waals surface area (Å²) < 4.78 is 0. The minimum absolute atomic E-state index is 0.0536. The van der Waals surface area contributed by atoms with E-state index in [2.05, 4.69) is 22.6 Å². The van der Waals surface area contributed by atoms with E-state index in [0.717, 1.165) is 17.9 Å². The number of hydrogen-bond acceptors (Lipinski definition) is 4. The van der Waals surface area contributed by atoms with Crippen LogP contribution >= 0.6 is 11.6 Å². The summed E-state index contributed by atoms with van der Waals surface area (Å²) in [4.78, 5) is 28.0. The van der Waals surface area contributed by atoms with E-state index in [1.165, 1.54) is 5.56 Å². The molecule has 0 bridgehead atoms. The number of nitrogens with zero attached hydrogens (tertiary/aromatic N) is 2. The summed E-state index contributed by atoms with van der Waals surface area (Å²) in [5.41, 5.74) is 7.94. The normalized spacial score (nSPS) is 16.1. The topological polar surface area (TPSA) is 114 Å². The Kier molecular flexibility index (Phi) is 7.75. The lowest BCUT2D eigenvalue weighted by molar-refractivity contribution is -0.135. The fourth-order valence-corrected chi connectivity index (χ4v) is 4.12. The van der Waals surface area contributed by atoms with Gasteiger partial charge in [-0.05, 0) is 54.5 Å². The number of nitrogens with two attached hydrogens (primary N) is 2. The Morgan fingerprint density at radius 3 is 2.31 bits per heavy atom. The highest BCUT2D eigenvalue weighted by atomic mass is 35.5. The average molecular weight is 456 g/mol. The van der Waals surface area contributed by atoms with Crippen molar-refractivity contribution in [1.82, 2.24) is 10.2 Å². The Morgan fingerprint density at radius 2 is 1.72 bits per heavy atom. The van der Waals surface area contributed by atoms with Gasteiger partial charge in [-0.25, -0.2) is 0 Å². The minimum Gasteiger partial charge on any atom is -0.382 e. The summed E-state index contributed by atoms with van der Waals surface area (Å²) in [5.74, 6) is 5.33. The maximum atomic E-state index is 13.3. The zero-order valence-electron chi connectivity index (χ0n) is 18.4. The Balaban J connectivity index is 1.65. The van der Waals surface area contributed by atoms with Crippen molar-refractivity contribution >= 4 is 29.3 Å². The summed E-state index contributed by atoms with van der Waals surface area (Å²) in [6.45, 7) is 5.17. The summed E-state index contributed by atoms with van der Waals surface area (Å²) >= 11 is 5.99. The number of amides is 2. The molecule has 0 radical (unpaired) electrons. The van der Waals surface area contributed by atoms with E-state index in [0.29, 0.717) is 30.1 Å². The van der Waals surface area contributed by atoms with Crippen LogP contribution in [0.2, 0.25) is 5.02 Å². The van der Waals surface area contributed by atoms with Crippen LogP contribution in [0.15, 0.2) is 53.6 Å². The number of nitrogens with one attached hydrogen (secondary N) is 1. The van der Waals surface area contributed by atoms with Crippen molar-refractivity contribution in [3.63, 3.8) is 0 Å². The Bertz CT molecular complexity index is 982. The second kappa shape index (κ2) is 10.5. The molecular formula is C24H30ClN5O2. The van der Waals surface area contributed by atoms with Crippen LogP contribution in [0.3, 0.4) is 0 Å². The van der Waals surface area contributed by atoms with Gasteiger partial charge in [-0.15, -0.1) is 0 Å². The van der Waals surface area contributed by atoms with Gasteiger partial charge in [-0.2, -0.15) is 5.10 Å². The van der Waals surface area contributed by atoms with E-state index < -0.39 is 6.04 Å². The molecule has 0 aliphatic carbocycles. The van der Waals surface area contributed by atoms with Gasteiger partial charge in [0.05, 0.1) is 0 Å². The van der Waals surface area contributed by atoms with Gasteiger partial charge in [-0.1, -0.05) is 49.7 Å². The van der Waals surface area contributed by atoms with Crippen molar-refractivity contribution < 1.29 is 9.59 Å². The molecule has 1 aliphatic heterocycles. The van der Waals surface area contributed by atoms with E-state index in [-0.39, 0.29) is 23.6 Å². The third-order valence-electron chi connectivity index (χ3n) is 5.93. The standard InChI is InChI=1S/C24H30ClN5O2/c1-15(2)21(28-23(31)19-5-3-4-18(14-19)22(26)29-27)24(32)30-12-10-17(11-13-30)16-6-8-20(25)9-7-16/h3-9,14-15,17,21H,10-13,27H2,1-2H3,(H2,26,29)(H,28,31). The van der Waals surface area contributed by atoms with E-state index in [4.69, 9.17) is 23.2 Å². The van der Waals surface area contributed by atoms with Gasteiger partial charge in [0, 0.05) is 29.2 Å². The summed E-state index contributed by atoms with van der Waals surface area (Å²) in [7, 11) is 0. The molecule has 0 spiro atoms. The number of carbonyl (C=O) groups is 2. The molecular weight excluding hydrogens is 426 g/mol. The van der Waals surface area contributed by atoms with Gasteiger partial charge in [0.25, 0.3) is 5.91 Å². The Labute approximate surface area is 193 Å². The van der Waals surface area contributed by atoms with Crippen LogP contribution in [0.5, 0.6) is 0 Å². The van der Waals surface area contributed by atoms with Crippen molar-refractivity contribution in [3.05, 3.63) is 70.2 Å². The lowest BCUT2D eigenvalue weighted by Crippen LogP contribution is -2.52. The summed E-state index contributed by atoms with van der Waals surface area (Å²) in [6, 6.07) is 14.0. The predicted octanol–water partition coefficient (Wildman–Crippen LogP) is 3.08. The van der Waals surface area contributed by atoms with Crippen LogP contribution in [0.1, 0.15) is 54.1 Å². The van der Waals surface area contributed by atoms with Crippen LogP contribution in [-0.4, -0.2) is 41.7 Å². The number of piperidine rings is 1. The lowest BCUT2D eigenvalue weighted by Gasteiger charge is -2.35. The van der Waals surface area contributed by atoms with Crippen LogP contribution in [0.4, 0.5) is 0 Å². The maximum Gasteiger partial charge on any atom is 0.251 e. The first-order chi connectivity index (χ1) is 15.3. The number of hydrazone groups is 1. The molecule has 1 saturated heterocycles. The van der Waals surface area contributed by atoms with E-state index in [1.807, 2.05) is 30.9 Å². The van der Waals surface area contributed by atoms with Crippen LogP contribution < -0.4 is 16.9 Å². The molecule has 0 saturated carbocycles. The maximum absolute atomic E-state index is 13.3. The third kappa shape index (κ3) is 5.59. The first-order valence-electron chi connectivity index (χ1n) is 10.8. The van der Waals surface area contributed by atoms with Crippen LogP contribution in [0.25, 0.3) is 0 Å². The van der Waals surface area contributed by atoms with Crippen molar-refractivity contribution in [3.8, 4) is 0 Å².